The Morgan fingerprint density at radius 3 is 3.08 bits per heavy atom. The van der Waals surface area contributed by atoms with Gasteiger partial charge >= 0.3 is 0 Å². The molecule has 0 radical (unpaired) electrons. The first-order valence-corrected chi connectivity index (χ1v) is 3.58. The lowest BCUT2D eigenvalue weighted by molar-refractivity contribution is 0.183. The number of nitrogens with zero attached hydrogens (tertiary/aromatic N) is 2. The second-order valence-electron chi connectivity index (χ2n) is 2.30. The highest BCUT2D eigenvalue weighted by atomic mass is 35.5. The summed E-state index contributed by atoms with van der Waals surface area (Å²) in [5.41, 5.74) is 5.76. The van der Waals surface area contributed by atoms with Crippen LogP contribution in [0.2, 0.25) is 5.28 Å². The number of aromatic nitrogens is 2. The van der Waals surface area contributed by atoms with Gasteiger partial charge in [-0.15, -0.1) is 0 Å². The maximum Gasteiger partial charge on any atom is 0.202 e. The van der Waals surface area contributed by atoms with Crippen molar-refractivity contribution in [2.45, 2.75) is 6.23 Å². The van der Waals surface area contributed by atoms with Gasteiger partial charge in [0.15, 0.2) is 18.0 Å². The maximum absolute atomic E-state index is 9.31. The fraction of sp³-hybridized carbons (Fsp3) is 0.200. The van der Waals surface area contributed by atoms with E-state index in [1.807, 2.05) is 0 Å². The Bertz CT molecular complexity index is 346. The molecule has 0 saturated carbocycles. The zero-order chi connectivity index (χ0) is 8.72. The molecule has 0 bridgehead atoms. The SMILES string of the molecule is NC1=NC(O)c2[nH]c(Cl)nc2N1. The zero-order valence-electron chi connectivity index (χ0n) is 5.87. The monoisotopic (exact) mass is 187 g/mol. The number of H-pyrrole nitrogens is 1. The van der Waals surface area contributed by atoms with Gasteiger partial charge in [0.05, 0.1) is 0 Å². The van der Waals surface area contributed by atoms with Crippen LogP contribution in [0.15, 0.2) is 4.99 Å². The minimum Gasteiger partial charge on any atom is -0.370 e. The van der Waals surface area contributed by atoms with Crippen LogP contribution in [0.1, 0.15) is 11.9 Å². The number of nitrogens with two attached hydrogens (primary N) is 1. The molecule has 64 valence electrons. The zero-order valence-corrected chi connectivity index (χ0v) is 6.63. The lowest BCUT2D eigenvalue weighted by Gasteiger charge is -2.13. The summed E-state index contributed by atoms with van der Waals surface area (Å²) in [4.78, 5) is 10.1. The van der Waals surface area contributed by atoms with Crippen molar-refractivity contribution in [3.05, 3.63) is 11.0 Å². The smallest absolute Gasteiger partial charge is 0.202 e. The maximum atomic E-state index is 9.31. The standard InChI is InChI=1S/C5H6ClN5O/c6-4-8-1-2(9-4)10-5(7)11-3(1)12/h3,12H,(H,8,9)(H3,7,10,11). The number of aromatic amines is 1. The minimum atomic E-state index is -1.01. The topological polar surface area (TPSA) is 99.3 Å². The second-order valence-corrected chi connectivity index (χ2v) is 2.66. The highest BCUT2D eigenvalue weighted by Gasteiger charge is 2.21. The molecule has 1 aromatic heterocycles. The Morgan fingerprint density at radius 1 is 1.58 bits per heavy atom. The van der Waals surface area contributed by atoms with Crippen LogP contribution in [0.5, 0.6) is 0 Å². The quantitative estimate of drug-likeness (QED) is 0.452. The molecule has 1 aliphatic rings. The molecule has 1 atom stereocenters. The molecule has 0 aromatic carbocycles. The van der Waals surface area contributed by atoms with Crippen molar-refractivity contribution in [1.82, 2.24) is 9.97 Å². The summed E-state index contributed by atoms with van der Waals surface area (Å²) in [6.45, 7) is 0. The Morgan fingerprint density at radius 2 is 2.33 bits per heavy atom. The van der Waals surface area contributed by atoms with Crippen LogP contribution in [0.3, 0.4) is 0 Å². The number of imidazole rings is 1. The molecule has 12 heavy (non-hydrogen) atoms. The van der Waals surface area contributed by atoms with Gasteiger partial charge in [0, 0.05) is 0 Å². The van der Waals surface area contributed by atoms with E-state index in [9.17, 15) is 5.11 Å². The van der Waals surface area contributed by atoms with Crippen LogP contribution in [-0.4, -0.2) is 21.0 Å². The highest BCUT2D eigenvalue weighted by Crippen LogP contribution is 2.25. The van der Waals surface area contributed by atoms with E-state index in [1.54, 1.807) is 0 Å². The fourth-order valence-corrected chi connectivity index (χ4v) is 1.17. The van der Waals surface area contributed by atoms with Crippen LogP contribution < -0.4 is 11.1 Å². The van der Waals surface area contributed by atoms with Gasteiger partial charge < -0.3 is 21.1 Å². The van der Waals surface area contributed by atoms with E-state index in [-0.39, 0.29) is 11.2 Å². The van der Waals surface area contributed by atoms with Crippen LogP contribution >= 0.6 is 11.6 Å². The summed E-state index contributed by atoms with van der Waals surface area (Å²) in [5, 5.41) is 12.2. The summed E-state index contributed by atoms with van der Waals surface area (Å²) in [6.07, 6.45) is -1.01. The van der Waals surface area contributed by atoms with E-state index < -0.39 is 6.23 Å². The number of aliphatic hydroxyl groups excluding tert-OH is 1. The molecular weight excluding hydrogens is 182 g/mol. The first kappa shape index (κ1) is 7.38. The number of hydrogen-bond acceptors (Lipinski definition) is 5. The lowest BCUT2D eigenvalue weighted by Crippen LogP contribution is -2.27. The van der Waals surface area contributed by atoms with Gasteiger partial charge in [0.1, 0.15) is 5.69 Å². The van der Waals surface area contributed by atoms with Crippen molar-refractivity contribution in [2.24, 2.45) is 10.7 Å². The Labute approximate surface area is 72.5 Å². The molecular formula is C5H6ClN5O. The Balaban J connectivity index is 2.47. The first-order chi connectivity index (χ1) is 5.66. The highest BCUT2D eigenvalue weighted by molar-refractivity contribution is 6.28. The van der Waals surface area contributed by atoms with Crippen molar-refractivity contribution in [3.63, 3.8) is 0 Å². The van der Waals surface area contributed by atoms with E-state index in [1.165, 1.54) is 0 Å². The third-order valence-electron chi connectivity index (χ3n) is 1.47. The first-order valence-electron chi connectivity index (χ1n) is 3.20. The molecule has 0 amide bonds. The van der Waals surface area contributed by atoms with Crippen molar-refractivity contribution >= 4 is 23.4 Å². The molecule has 6 nitrogen and oxygen atoms in total. The van der Waals surface area contributed by atoms with Gasteiger partial charge in [-0.25, -0.2) is 9.98 Å². The van der Waals surface area contributed by atoms with Crippen LogP contribution in [-0.2, 0) is 0 Å². The predicted molar refractivity (Wildman–Crippen MR) is 43.8 cm³/mol. The average Bonchev–Trinajstić information content (AvgIpc) is 2.29. The van der Waals surface area contributed by atoms with Crippen molar-refractivity contribution in [2.75, 3.05) is 5.32 Å². The van der Waals surface area contributed by atoms with Gasteiger partial charge in [0.2, 0.25) is 5.28 Å². The van der Waals surface area contributed by atoms with Gasteiger partial charge in [-0.1, -0.05) is 0 Å². The number of anilines is 1. The van der Waals surface area contributed by atoms with Crippen LogP contribution in [0, 0.1) is 0 Å². The van der Waals surface area contributed by atoms with Gasteiger partial charge in [-0.2, -0.15) is 0 Å². The van der Waals surface area contributed by atoms with Crippen LogP contribution in [0.25, 0.3) is 0 Å². The largest absolute Gasteiger partial charge is 0.370 e. The van der Waals surface area contributed by atoms with Gasteiger partial charge in [-0.05, 0) is 11.6 Å². The lowest BCUT2D eigenvalue weighted by atomic mass is 10.3. The van der Waals surface area contributed by atoms with E-state index >= 15 is 0 Å². The summed E-state index contributed by atoms with van der Waals surface area (Å²) in [5.74, 6) is 0.540. The minimum absolute atomic E-state index is 0.123. The number of halogens is 1. The fourth-order valence-electron chi connectivity index (χ4n) is 0.989. The Kier molecular flexibility index (Phi) is 1.45. The molecule has 0 spiro atoms. The van der Waals surface area contributed by atoms with Gasteiger partial charge in [0.25, 0.3) is 0 Å². The number of fused-ring (bicyclic) bond motifs is 1. The molecule has 1 unspecified atom stereocenters. The predicted octanol–water partition coefficient (Wildman–Crippen LogP) is -0.206. The molecule has 1 aromatic rings. The number of rotatable bonds is 0. The summed E-state index contributed by atoms with van der Waals surface area (Å²) >= 11 is 5.55. The van der Waals surface area contributed by atoms with Crippen molar-refractivity contribution in [3.8, 4) is 0 Å². The molecule has 1 aliphatic heterocycles. The average molecular weight is 188 g/mol. The molecule has 5 N–H and O–H groups in total. The normalized spacial score (nSPS) is 21.2. The summed E-state index contributed by atoms with van der Waals surface area (Å²) in [6, 6.07) is 0. The van der Waals surface area contributed by atoms with E-state index in [0.717, 1.165) is 0 Å². The molecule has 0 fully saturated rings. The Hall–Kier alpha value is -1.27. The summed E-state index contributed by atoms with van der Waals surface area (Å²) in [7, 11) is 0. The van der Waals surface area contributed by atoms with Gasteiger partial charge in [-0.3, -0.25) is 0 Å². The van der Waals surface area contributed by atoms with Crippen molar-refractivity contribution in [1.29, 1.82) is 0 Å². The van der Waals surface area contributed by atoms with Crippen LogP contribution in [0.4, 0.5) is 5.82 Å². The second kappa shape index (κ2) is 2.36. The molecule has 2 rings (SSSR count). The van der Waals surface area contributed by atoms with E-state index in [4.69, 9.17) is 17.3 Å². The van der Waals surface area contributed by atoms with Crippen molar-refractivity contribution < 1.29 is 5.11 Å². The van der Waals surface area contributed by atoms with E-state index in [2.05, 4.69) is 20.3 Å². The molecule has 7 heteroatoms. The number of aliphatic imine (C=N–C) groups is 1. The number of aliphatic hydroxyl groups is 1. The molecule has 2 heterocycles. The number of guanidine groups is 1. The third kappa shape index (κ3) is 1.01. The third-order valence-corrected chi connectivity index (χ3v) is 1.65. The van der Waals surface area contributed by atoms with E-state index in [0.29, 0.717) is 11.5 Å². The molecule has 0 saturated heterocycles. The summed E-state index contributed by atoms with van der Waals surface area (Å²) < 4.78 is 0. The molecule has 0 aliphatic carbocycles. The number of nitrogens with one attached hydrogen (secondary N) is 2. The number of hydrogen-bond donors (Lipinski definition) is 4.